The van der Waals surface area contributed by atoms with Crippen molar-refractivity contribution in [2.45, 2.75) is 6.42 Å². The van der Waals surface area contributed by atoms with Gasteiger partial charge in [-0.25, -0.2) is 0 Å². The fourth-order valence-electron chi connectivity index (χ4n) is 0.928. The number of thiophene rings is 1. The molecule has 1 heterocycles. The number of hydrogen-bond acceptors (Lipinski definition) is 3. The van der Waals surface area contributed by atoms with Crippen LogP contribution >= 0.6 is 27.3 Å². The van der Waals surface area contributed by atoms with Gasteiger partial charge in [-0.3, -0.25) is 0 Å². The summed E-state index contributed by atoms with van der Waals surface area (Å²) >= 11 is 5.12. The van der Waals surface area contributed by atoms with Crippen molar-refractivity contribution in [1.29, 1.82) is 0 Å². The average molecular weight is 250 g/mol. The molecule has 0 aliphatic carbocycles. The zero-order valence-corrected chi connectivity index (χ0v) is 9.36. The van der Waals surface area contributed by atoms with Crippen molar-refractivity contribution in [2.24, 2.45) is 0 Å². The lowest BCUT2D eigenvalue weighted by Crippen LogP contribution is -2.17. The Bertz CT molecular complexity index is 239. The number of rotatable bonds is 4. The van der Waals surface area contributed by atoms with Gasteiger partial charge < -0.3 is 10.0 Å². The summed E-state index contributed by atoms with van der Waals surface area (Å²) in [4.78, 5) is 2.14. The molecule has 0 amide bonds. The Balaban J connectivity index is 2.47. The van der Waals surface area contributed by atoms with Crippen molar-refractivity contribution in [3.8, 4) is 0 Å². The Morgan fingerprint density at radius 2 is 2.33 bits per heavy atom. The summed E-state index contributed by atoms with van der Waals surface area (Å²) in [7, 11) is 2.04. The third kappa shape index (κ3) is 2.77. The van der Waals surface area contributed by atoms with Crippen molar-refractivity contribution in [2.75, 3.05) is 25.1 Å². The molecule has 0 saturated carbocycles. The van der Waals surface area contributed by atoms with Gasteiger partial charge in [-0.1, -0.05) is 0 Å². The Morgan fingerprint density at radius 1 is 1.58 bits per heavy atom. The van der Waals surface area contributed by atoms with Crippen LogP contribution < -0.4 is 4.90 Å². The molecule has 2 nitrogen and oxygen atoms in total. The summed E-state index contributed by atoms with van der Waals surface area (Å²) in [5, 5.41) is 9.87. The third-order valence-corrected chi connectivity index (χ3v) is 3.32. The highest BCUT2D eigenvalue weighted by Crippen LogP contribution is 2.28. The second-order valence-corrected chi connectivity index (χ2v) is 5.02. The molecule has 1 aromatic heterocycles. The van der Waals surface area contributed by atoms with Gasteiger partial charge in [-0.2, -0.15) is 0 Å². The summed E-state index contributed by atoms with van der Waals surface area (Å²) in [5.74, 6) is 0. The molecular weight excluding hydrogens is 238 g/mol. The molecule has 1 rings (SSSR count). The molecule has 0 aromatic carbocycles. The van der Waals surface area contributed by atoms with E-state index < -0.39 is 0 Å². The molecule has 0 bridgehead atoms. The summed E-state index contributed by atoms with van der Waals surface area (Å²) in [6.45, 7) is 1.17. The van der Waals surface area contributed by atoms with E-state index in [1.165, 1.54) is 5.00 Å². The lowest BCUT2D eigenvalue weighted by Gasteiger charge is -2.15. The molecule has 0 radical (unpaired) electrons. The topological polar surface area (TPSA) is 23.5 Å². The standard InChI is InChI=1S/C8H12BrNOS/c1-10(5-2-6-11)8-4-3-7(9)12-8/h3-4,11H,2,5-6H2,1H3. The van der Waals surface area contributed by atoms with Gasteiger partial charge >= 0.3 is 0 Å². The van der Waals surface area contributed by atoms with Crippen molar-refractivity contribution >= 4 is 32.3 Å². The first-order chi connectivity index (χ1) is 5.74. The van der Waals surface area contributed by atoms with Crippen LogP contribution in [-0.4, -0.2) is 25.3 Å². The highest BCUT2D eigenvalue weighted by atomic mass is 79.9. The predicted molar refractivity (Wildman–Crippen MR) is 57.0 cm³/mol. The minimum Gasteiger partial charge on any atom is -0.396 e. The number of halogens is 1. The minimum atomic E-state index is 0.261. The Labute approximate surface area is 85.0 Å². The highest BCUT2D eigenvalue weighted by molar-refractivity contribution is 9.11. The van der Waals surface area contributed by atoms with E-state index in [2.05, 4.69) is 26.9 Å². The molecule has 12 heavy (non-hydrogen) atoms. The lowest BCUT2D eigenvalue weighted by atomic mass is 10.4. The van der Waals surface area contributed by atoms with E-state index in [0.717, 1.165) is 16.8 Å². The van der Waals surface area contributed by atoms with E-state index in [1.54, 1.807) is 11.3 Å². The number of aliphatic hydroxyl groups excluding tert-OH is 1. The molecule has 4 heteroatoms. The van der Waals surface area contributed by atoms with Gasteiger partial charge in [0, 0.05) is 20.2 Å². The van der Waals surface area contributed by atoms with Crippen LogP contribution in [0.3, 0.4) is 0 Å². The van der Waals surface area contributed by atoms with Crippen molar-refractivity contribution in [3.05, 3.63) is 15.9 Å². The molecular formula is C8H12BrNOS. The molecule has 0 aliphatic rings. The van der Waals surface area contributed by atoms with Gasteiger partial charge in [0.25, 0.3) is 0 Å². The van der Waals surface area contributed by atoms with Crippen LogP contribution in [0.2, 0.25) is 0 Å². The SMILES string of the molecule is CN(CCCO)c1ccc(Br)s1. The van der Waals surface area contributed by atoms with E-state index >= 15 is 0 Å². The molecule has 0 atom stereocenters. The van der Waals surface area contributed by atoms with Gasteiger partial charge in [0.15, 0.2) is 0 Å². The van der Waals surface area contributed by atoms with Gasteiger partial charge in [-0.05, 0) is 34.5 Å². The van der Waals surface area contributed by atoms with E-state index in [9.17, 15) is 0 Å². The molecule has 1 N–H and O–H groups in total. The maximum Gasteiger partial charge on any atom is 0.0917 e. The van der Waals surface area contributed by atoms with Crippen LogP contribution in [0, 0.1) is 0 Å². The van der Waals surface area contributed by atoms with E-state index in [4.69, 9.17) is 5.11 Å². The molecule has 0 spiro atoms. The summed E-state index contributed by atoms with van der Waals surface area (Å²) in [5.41, 5.74) is 0. The summed E-state index contributed by atoms with van der Waals surface area (Å²) in [6.07, 6.45) is 0.825. The predicted octanol–water partition coefficient (Wildman–Crippen LogP) is 2.33. The Hall–Kier alpha value is -0.0600. The number of aliphatic hydroxyl groups is 1. The lowest BCUT2D eigenvalue weighted by molar-refractivity contribution is 0.290. The average Bonchev–Trinajstić information content (AvgIpc) is 2.47. The van der Waals surface area contributed by atoms with E-state index in [1.807, 2.05) is 13.1 Å². The molecule has 68 valence electrons. The van der Waals surface area contributed by atoms with E-state index in [0.29, 0.717) is 0 Å². The quantitative estimate of drug-likeness (QED) is 0.886. The van der Waals surface area contributed by atoms with Gasteiger partial charge in [0.2, 0.25) is 0 Å². The molecule has 0 aliphatic heterocycles. The first kappa shape index (κ1) is 10.0. The fraction of sp³-hybridized carbons (Fsp3) is 0.500. The number of nitrogens with zero attached hydrogens (tertiary/aromatic N) is 1. The maximum absolute atomic E-state index is 8.63. The molecule has 0 fully saturated rings. The van der Waals surface area contributed by atoms with E-state index in [-0.39, 0.29) is 6.61 Å². The van der Waals surface area contributed by atoms with Crippen LogP contribution in [0.25, 0.3) is 0 Å². The van der Waals surface area contributed by atoms with Crippen LogP contribution in [0.1, 0.15) is 6.42 Å². The van der Waals surface area contributed by atoms with Crippen molar-refractivity contribution in [3.63, 3.8) is 0 Å². The first-order valence-corrected chi connectivity index (χ1v) is 5.42. The zero-order chi connectivity index (χ0) is 8.97. The first-order valence-electron chi connectivity index (χ1n) is 3.81. The van der Waals surface area contributed by atoms with Crippen LogP contribution in [-0.2, 0) is 0 Å². The zero-order valence-electron chi connectivity index (χ0n) is 6.96. The third-order valence-electron chi connectivity index (χ3n) is 1.59. The Kier molecular flexibility index (Phi) is 4.05. The second kappa shape index (κ2) is 4.84. The van der Waals surface area contributed by atoms with Crippen LogP contribution in [0.15, 0.2) is 15.9 Å². The van der Waals surface area contributed by atoms with Crippen LogP contribution in [0.5, 0.6) is 0 Å². The van der Waals surface area contributed by atoms with Crippen LogP contribution in [0.4, 0.5) is 5.00 Å². The fourth-order valence-corrected chi connectivity index (χ4v) is 2.28. The van der Waals surface area contributed by atoms with Crippen molar-refractivity contribution < 1.29 is 5.11 Å². The summed E-state index contributed by atoms with van der Waals surface area (Å²) in [6, 6.07) is 4.11. The highest BCUT2D eigenvalue weighted by Gasteiger charge is 2.02. The Morgan fingerprint density at radius 3 is 2.83 bits per heavy atom. The minimum absolute atomic E-state index is 0.261. The summed E-state index contributed by atoms with van der Waals surface area (Å²) < 4.78 is 1.15. The van der Waals surface area contributed by atoms with Crippen molar-refractivity contribution in [1.82, 2.24) is 0 Å². The number of hydrogen-bond donors (Lipinski definition) is 1. The molecule has 0 saturated heterocycles. The second-order valence-electron chi connectivity index (χ2n) is 2.58. The van der Waals surface area contributed by atoms with Gasteiger partial charge in [-0.15, -0.1) is 11.3 Å². The largest absolute Gasteiger partial charge is 0.396 e. The smallest absolute Gasteiger partial charge is 0.0917 e. The maximum atomic E-state index is 8.63. The normalized spacial score (nSPS) is 10.2. The number of anilines is 1. The van der Waals surface area contributed by atoms with Gasteiger partial charge in [0.05, 0.1) is 8.79 Å². The molecule has 0 unspecified atom stereocenters. The molecule has 1 aromatic rings. The monoisotopic (exact) mass is 249 g/mol. The van der Waals surface area contributed by atoms with Gasteiger partial charge in [0.1, 0.15) is 0 Å².